The number of nitrogens with zero attached hydrogens (tertiary/aromatic N) is 6. The number of amides is 2. The summed E-state index contributed by atoms with van der Waals surface area (Å²) in [6.07, 6.45) is 12.6. The summed E-state index contributed by atoms with van der Waals surface area (Å²) < 4.78 is 1.94. The van der Waals surface area contributed by atoms with Gasteiger partial charge in [0, 0.05) is 38.3 Å². The number of primary amides is 1. The molecule has 0 radical (unpaired) electrons. The maximum atomic E-state index is 12.3. The first-order chi connectivity index (χ1) is 15.6. The molecule has 2 aromatic heterocycles. The van der Waals surface area contributed by atoms with Crippen molar-refractivity contribution < 1.29 is 9.59 Å². The molecule has 170 valence electrons. The average Bonchev–Trinajstić information content (AvgIpc) is 3.58. The van der Waals surface area contributed by atoms with Gasteiger partial charge in [0.1, 0.15) is 5.82 Å². The highest BCUT2D eigenvalue weighted by molar-refractivity contribution is 5.96. The number of likely N-dealkylation sites (tertiary alicyclic amines) is 1. The summed E-state index contributed by atoms with van der Waals surface area (Å²) in [5.41, 5.74) is 6.38. The van der Waals surface area contributed by atoms with E-state index in [4.69, 9.17) is 5.73 Å². The topological polar surface area (TPSA) is 122 Å². The zero-order valence-electron chi connectivity index (χ0n) is 18.2. The van der Waals surface area contributed by atoms with Crippen LogP contribution in [0.2, 0.25) is 0 Å². The Bertz CT molecular complexity index is 988. The van der Waals surface area contributed by atoms with E-state index in [1.54, 1.807) is 12.4 Å². The van der Waals surface area contributed by atoms with Crippen LogP contribution in [0.1, 0.15) is 61.5 Å². The maximum absolute atomic E-state index is 12.3. The maximum Gasteiger partial charge on any atom is 0.271 e. The molecule has 2 aromatic rings. The molecule has 10 heteroatoms. The predicted octanol–water partition coefficient (Wildman–Crippen LogP) is 2.08. The van der Waals surface area contributed by atoms with Gasteiger partial charge in [-0.3, -0.25) is 14.3 Å². The number of carbonyl (C=O) groups is 2. The van der Waals surface area contributed by atoms with Crippen LogP contribution >= 0.6 is 0 Å². The molecule has 1 saturated carbocycles. The zero-order valence-corrected chi connectivity index (χ0v) is 18.2. The summed E-state index contributed by atoms with van der Waals surface area (Å²) in [7, 11) is 0. The van der Waals surface area contributed by atoms with E-state index in [0.29, 0.717) is 11.7 Å². The third-order valence-corrected chi connectivity index (χ3v) is 6.61. The lowest BCUT2D eigenvalue weighted by molar-refractivity contribution is -0.133. The third kappa shape index (κ3) is 4.39. The Balaban J connectivity index is 1.27. The van der Waals surface area contributed by atoms with Crippen molar-refractivity contribution in [3.05, 3.63) is 24.3 Å². The summed E-state index contributed by atoms with van der Waals surface area (Å²) in [4.78, 5) is 37.3. The molecule has 0 atom stereocenters. The second-order valence-corrected chi connectivity index (χ2v) is 9.00. The zero-order chi connectivity index (χ0) is 22.1. The summed E-state index contributed by atoms with van der Waals surface area (Å²) in [5.74, 6) is 1.07. The normalized spacial score (nSPS) is 19.8. The van der Waals surface area contributed by atoms with Crippen molar-refractivity contribution in [2.75, 3.05) is 36.4 Å². The van der Waals surface area contributed by atoms with Gasteiger partial charge >= 0.3 is 0 Å². The van der Waals surface area contributed by atoms with Crippen LogP contribution in [0, 0.1) is 5.92 Å². The second kappa shape index (κ2) is 8.76. The number of hydrogen-bond donors (Lipinski definition) is 2. The van der Waals surface area contributed by atoms with E-state index in [1.807, 2.05) is 15.8 Å². The lowest BCUT2D eigenvalue weighted by Gasteiger charge is -2.32. The quantitative estimate of drug-likeness (QED) is 0.708. The molecule has 2 amide bonds. The Morgan fingerprint density at radius 2 is 1.75 bits per heavy atom. The minimum Gasteiger partial charge on any atom is -0.364 e. The molecule has 0 unspecified atom stereocenters. The minimum atomic E-state index is -0.620. The van der Waals surface area contributed by atoms with Gasteiger partial charge in [-0.25, -0.2) is 9.97 Å². The van der Waals surface area contributed by atoms with Crippen LogP contribution in [0.25, 0.3) is 0 Å². The Morgan fingerprint density at radius 3 is 2.44 bits per heavy atom. The van der Waals surface area contributed by atoms with Gasteiger partial charge in [-0.05, 0) is 44.9 Å². The van der Waals surface area contributed by atoms with E-state index in [-0.39, 0.29) is 17.7 Å². The second-order valence-electron chi connectivity index (χ2n) is 9.00. The van der Waals surface area contributed by atoms with Gasteiger partial charge in [0.25, 0.3) is 5.91 Å². The van der Waals surface area contributed by atoms with Crippen molar-refractivity contribution in [1.29, 1.82) is 0 Å². The smallest absolute Gasteiger partial charge is 0.271 e. The van der Waals surface area contributed by atoms with E-state index in [0.717, 1.165) is 76.2 Å². The number of rotatable bonds is 6. The highest BCUT2D eigenvalue weighted by Crippen LogP contribution is 2.33. The first kappa shape index (κ1) is 20.7. The third-order valence-electron chi connectivity index (χ3n) is 6.61. The van der Waals surface area contributed by atoms with Crippen molar-refractivity contribution in [1.82, 2.24) is 24.6 Å². The Labute approximate surface area is 187 Å². The van der Waals surface area contributed by atoms with Gasteiger partial charge in [0.2, 0.25) is 5.91 Å². The van der Waals surface area contributed by atoms with Gasteiger partial charge in [-0.1, -0.05) is 0 Å². The van der Waals surface area contributed by atoms with Crippen molar-refractivity contribution in [3.63, 3.8) is 0 Å². The summed E-state index contributed by atoms with van der Waals surface area (Å²) in [6.45, 7) is 3.42. The number of hydrogen-bond acceptors (Lipinski definition) is 7. The van der Waals surface area contributed by atoms with Crippen molar-refractivity contribution in [3.8, 4) is 0 Å². The number of carbonyl (C=O) groups excluding carboxylic acids is 2. The van der Waals surface area contributed by atoms with Crippen LogP contribution in [0.5, 0.6) is 0 Å². The number of piperidine rings is 2. The average molecular weight is 439 g/mol. The molecule has 2 saturated heterocycles. The van der Waals surface area contributed by atoms with Crippen molar-refractivity contribution in [2.24, 2.45) is 11.7 Å². The fraction of sp³-hybridized carbons (Fsp3) is 0.591. The lowest BCUT2D eigenvalue weighted by Crippen LogP contribution is -2.39. The van der Waals surface area contributed by atoms with E-state index in [1.165, 1.54) is 6.42 Å². The van der Waals surface area contributed by atoms with E-state index >= 15 is 0 Å². The lowest BCUT2D eigenvalue weighted by atomic mass is 10.0. The van der Waals surface area contributed by atoms with E-state index < -0.39 is 5.91 Å². The molecule has 10 nitrogen and oxygen atoms in total. The highest BCUT2D eigenvalue weighted by atomic mass is 16.2. The van der Waals surface area contributed by atoms with Crippen LogP contribution in [0.15, 0.2) is 18.6 Å². The number of aromatic nitrogens is 4. The molecule has 4 heterocycles. The molecule has 2 aliphatic heterocycles. The van der Waals surface area contributed by atoms with Gasteiger partial charge in [-0.2, -0.15) is 5.10 Å². The predicted molar refractivity (Wildman–Crippen MR) is 120 cm³/mol. The summed E-state index contributed by atoms with van der Waals surface area (Å²) in [6, 6.07) is 0.246. The van der Waals surface area contributed by atoms with Crippen LogP contribution in [0.3, 0.4) is 0 Å². The SMILES string of the molecule is NC(=O)c1ncc(N2CCCCC2)nc1Nc1cnn(C2CCN(C(=O)C3CC3)CC2)c1. The fourth-order valence-electron chi connectivity index (χ4n) is 4.60. The molecule has 3 aliphatic rings. The monoisotopic (exact) mass is 438 g/mol. The van der Waals surface area contributed by atoms with E-state index in [2.05, 4.69) is 25.3 Å². The Hall–Kier alpha value is -3.17. The molecule has 0 aromatic carbocycles. The number of anilines is 3. The fourth-order valence-corrected chi connectivity index (χ4v) is 4.60. The van der Waals surface area contributed by atoms with Gasteiger partial charge < -0.3 is 20.9 Å². The molecule has 0 spiro atoms. The van der Waals surface area contributed by atoms with Gasteiger partial charge in [0.05, 0.1) is 24.1 Å². The highest BCUT2D eigenvalue weighted by Gasteiger charge is 2.35. The van der Waals surface area contributed by atoms with E-state index in [9.17, 15) is 9.59 Å². The molecular formula is C22H30N8O2. The minimum absolute atomic E-state index is 0.116. The molecular weight excluding hydrogens is 408 g/mol. The molecule has 5 rings (SSSR count). The molecule has 3 fully saturated rings. The first-order valence-electron chi connectivity index (χ1n) is 11.6. The number of nitrogens with two attached hydrogens (primary N) is 1. The van der Waals surface area contributed by atoms with Crippen LogP contribution in [0.4, 0.5) is 17.3 Å². The summed E-state index contributed by atoms with van der Waals surface area (Å²) >= 11 is 0. The first-order valence-corrected chi connectivity index (χ1v) is 11.6. The summed E-state index contributed by atoms with van der Waals surface area (Å²) in [5, 5.41) is 7.71. The standard InChI is InChI=1S/C22H30N8O2/c23-20(31)19-21(27-18(13-24-19)28-8-2-1-3-9-28)26-16-12-25-30(14-16)17-6-10-29(11-7-17)22(32)15-4-5-15/h12-15,17H,1-11H2,(H2,23,31)(H,26,27). The van der Waals surface area contributed by atoms with Gasteiger partial charge in [-0.15, -0.1) is 0 Å². The van der Waals surface area contributed by atoms with Crippen LogP contribution < -0.4 is 16.0 Å². The molecule has 0 bridgehead atoms. The Kier molecular flexibility index (Phi) is 5.67. The molecule has 32 heavy (non-hydrogen) atoms. The van der Waals surface area contributed by atoms with Crippen LogP contribution in [-0.2, 0) is 4.79 Å². The number of nitrogens with one attached hydrogen (secondary N) is 1. The van der Waals surface area contributed by atoms with Gasteiger partial charge in [0.15, 0.2) is 11.5 Å². The molecule has 1 aliphatic carbocycles. The largest absolute Gasteiger partial charge is 0.364 e. The molecule has 3 N–H and O–H groups in total. The van der Waals surface area contributed by atoms with Crippen molar-refractivity contribution >= 4 is 29.1 Å². The van der Waals surface area contributed by atoms with Crippen molar-refractivity contribution in [2.45, 2.75) is 51.0 Å². The van der Waals surface area contributed by atoms with Crippen LogP contribution in [-0.4, -0.2) is 62.6 Å². The Morgan fingerprint density at radius 1 is 1.00 bits per heavy atom.